The van der Waals surface area contributed by atoms with Gasteiger partial charge in [0.25, 0.3) is 0 Å². The van der Waals surface area contributed by atoms with Gasteiger partial charge in [-0.15, -0.1) is 0 Å². The number of urea groups is 1. The van der Waals surface area contributed by atoms with Gasteiger partial charge in [0.15, 0.2) is 0 Å². The van der Waals surface area contributed by atoms with Crippen LogP contribution in [0.2, 0.25) is 0 Å². The molecule has 1 fully saturated rings. The normalized spacial score (nSPS) is 18.6. The molecule has 0 spiro atoms. The molecule has 1 heterocycles. The highest BCUT2D eigenvalue weighted by molar-refractivity contribution is 5.74. The van der Waals surface area contributed by atoms with Gasteiger partial charge in [0.1, 0.15) is 0 Å². The van der Waals surface area contributed by atoms with Gasteiger partial charge >= 0.3 is 6.03 Å². The second kappa shape index (κ2) is 6.37. The summed E-state index contributed by atoms with van der Waals surface area (Å²) in [4.78, 5) is 11.7. The van der Waals surface area contributed by atoms with Crippen molar-refractivity contribution in [3.63, 3.8) is 0 Å². The van der Waals surface area contributed by atoms with Crippen molar-refractivity contribution >= 4 is 6.03 Å². The van der Waals surface area contributed by atoms with Gasteiger partial charge in [-0.25, -0.2) is 4.79 Å². The first-order valence-corrected chi connectivity index (χ1v) is 6.18. The largest absolute Gasteiger partial charge is 0.379 e. The SMILES string of the molecule is NCc1ccccc1CNC(=O)NC1CCOC1. The molecule has 2 amide bonds. The zero-order chi connectivity index (χ0) is 12.8. The van der Waals surface area contributed by atoms with Crippen molar-refractivity contribution < 1.29 is 9.53 Å². The lowest BCUT2D eigenvalue weighted by Gasteiger charge is -2.13. The molecule has 0 aliphatic carbocycles. The van der Waals surface area contributed by atoms with E-state index in [-0.39, 0.29) is 12.1 Å². The Kier molecular flexibility index (Phi) is 4.55. The van der Waals surface area contributed by atoms with E-state index in [9.17, 15) is 4.79 Å². The molecule has 98 valence electrons. The Bertz CT molecular complexity index is 403. The van der Waals surface area contributed by atoms with Crippen LogP contribution in [0.3, 0.4) is 0 Å². The highest BCUT2D eigenvalue weighted by atomic mass is 16.5. The van der Waals surface area contributed by atoms with Crippen LogP contribution in [0.5, 0.6) is 0 Å². The summed E-state index contributed by atoms with van der Waals surface area (Å²) in [6, 6.07) is 7.81. The van der Waals surface area contributed by atoms with Crippen molar-refractivity contribution in [3.8, 4) is 0 Å². The molecule has 5 heteroatoms. The second-order valence-electron chi connectivity index (χ2n) is 4.36. The Morgan fingerprint density at radius 2 is 2.17 bits per heavy atom. The van der Waals surface area contributed by atoms with Gasteiger partial charge in [-0.1, -0.05) is 24.3 Å². The fraction of sp³-hybridized carbons (Fsp3) is 0.462. The fourth-order valence-electron chi connectivity index (χ4n) is 1.99. The maximum atomic E-state index is 11.7. The Balaban J connectivity index is 1.81. The topological polar surface area (TPSA) is 76.4 Å². The molecule has 1 unspecified atom stereocenters. The van der Waals surface area contributed by atoms with Gasteiger partial charge in [0.05, 0.1) is 12.6 Å². The summed E-state index contributed by atoms with van der Waals surface area (Å²) in [6.07, 6.45) is 0.882. The number of ether oxygens (including phenoxy) is 1. The lowest BCUT2D eigenvalue weighted by Crippen LogP contribution is -2.42. The Morgan fingerprint density at radius 3 is 2.83 bits per heavy atom. The maximum absolute atomic E-state index is 11.7. The van der Waals surface area contributed by atoms with E-state index in [2.05, 4.69) is 10.6 Å². The summed E-state index contributed by atoms with van der Waals surface area (Å²) in [6.45, 7) is 2.30. The van der Waals surface area contributed by atoms with Gasteiger partial charge in [0.2, 0.25) is 0 Å². The van der Waals surface area contributed by atoms with Gasteiger partial charge in [-0.05, 0) is 17.5 Å². The summed E-state index contributed by atoms with van der Waals surface area (Å²) >= 11 is 0. The van der Waals surface area contributed by atoms with Gasteiger partial charge in [-0.2, -0.15) is 0 Å². The third kappa shape index (κ3) is 3.45. The van der Waals surface area contributed by atoms with Crippen LogP contribution in [0.4, 0.5) is 4.79 Å². The Morgan fingerprint density at radius 1 is 1.39 bits per heavy atom. The number of amides is 2. The van der Waals surface area contributed by atoms with Gasteiger partial charge in [0, 0.05) is 19.7 Å². The number of nitrogens with two attached hydrogens (primary N) is 1. The molecular weight excluding hydrogens is 230 g/mol. The summed E-state index contributed by atoms with van der Waals surface area (Å²) in [5.74, 6) is 0. The smallest absolute Gasteiger partial charge is 0.315 e. The molecule has 1 aliphatic rings. The first kappa shape index (κ1) is 12.9. The van der Waals surface area contributed by atoms with Crippen LogP contribution < -0.4 is 16.4 Å². The molecule has 0 saturated carbocycles. The molecule has 0 radical (unpaired) electrons. The third-order valence-electron chi connectivity index (χ3n) is 3.04. The number of hydrogen-bond acceptors (Lipinski definition) is 3. The van der Waals surface area contributed by atoms with E-state index in [1.165, 1.54) is 0 Å². The van der Waals surface area contributed by atoms with Crippen molar-refractivity contribution in [3.05, 3.63) is 35.4 Å². The number of rotatable bonds is 4. The standard InChI is InChI=1S/C13H19N3O2/c14-7-10-3-1-2-4-11(10)8-15-13(17)16-12-5-6-18-9-12/h1-4,12H,5-9,14H2,(H2,15,16,17). The van der Waals surface area contributed by atoms with E-state index in [1.54, 1.807) is 0 Å². The molecule has 1 aromatic carbocycles. The lowest BCUT2D eigenvalue weighted by atomic mass is 10.1. The minimum Gasteiger partial charge on any atom is -0.379 e. The summed E-state index contributed by atoms with van der Waals surface area (Å²) < 4.78 is 5.20. The number of benzene rings is 1. The first-order chi connectivity index (χ1) is 8.79. The highest BCUT2D eigenvalue weighted by Crippen LogP contribution is 2.07. The highest BCUT2D eigenvalue weighted by Gasteiger charge is 2.17. The predicted octanol–water partition coefficient (Wildman–Crippen LogP) is 0.733. The van der Waals surface area contributed by atoms with E-state index in [0.29, 0.717) is 19.7 Å². The quantitative estimate of drug-likeness (QED) is 0.736. The maximum Gasteiger partial charge on any atom is 0.315 e. The summed E-state index contributed by atoms with van der Waals surface area (Å²) in [5, 5.41) is 5.72. The molecule has 1 aliphatic heterocycles. The molecule has 2 rings (SSSR count). The second-order valence-corrected chi connectivity index (χ2v) is 4.36. The van der Waals surface area contributed by atoms with Crippen LogP contribution in [0.1, 0.15) is 17.5 Å². The third-order valence-corrected chi connectivity index (χ3v) is 3.04. The average Bonchev–Trinajstić information content (AvgIpc) is 2.89. The van der Waals surface area contributed by atoms with Crippen molar-refractivity contribution in [2.45, 2.75) is 25.6 Å². The van der Waals surface area contributed by atoms with Crippen LogP contribution in [0, 0.1) is 0 Å². The summed E-state index contributed by atoms with van der Waals surface area (Å²) in [7, 11) is 0. The van der Waals surface area contributed by atoms with E-state index < -0.39 is 0 Å². The van der Waals surface area contributed by atoms with Crippen LogP contribution in [0.25, 0.3) is 0 Å². The van der Waals surface area contributed by atoms with Crippen LogP contribution in [0.15, 0.2) is 24.3 Å². The van der Waals surface area contributed by atoms with E-state index in [0.717, 1.165) is 24.2 Å². The monoisotopic (exact) mass is 249 g/mol. The van der Waals surface area contributed by atoms with Crippen molar-refractivity contribution in [1.29, 1.82) is 0 Å². The van der Waals surface area contributed by atoms with Crippen molar-refractivity contribution in [2.75, 3.05) is 13.2 Å². The predicted molar refractivity (Wildman–Crippen MR) is 68.9 cm³/mol. The molecule has 18 heavy (non-hydrogen) atoms. The van der Waals surface area contributed by atoms with E-state index >= 15 is 0 Å². The first-order valence-electron chi connectivity index (χ1n) is 6.18. The van der Waals surface area contributed by atoms with Crippen LogP contribution in [-0.4, -0.2) is 25.3 Å². The minimum atomic E-state index is -0.155. The van der Waals surface area contributed by atoms with Crippen molar-refractivity contribution in [2.24, 2.45) is 5.73 Å². The van der Waals surface area contributed by atoms with Gasteiger partial charge in [-0.3, -0.25) is 0 Å². The molecule has 0 bridgehead atoms. The Hall–Kier alpha value is -1.59. The van der Waals surface area contributed by atoms with E-state index in [1.807, 2.05) is 24.3 Å². The molecule has 4 N–H and O–H groups in total. The zero-order valence-corrected chi connectivity index (χ0v) is 10.3. The van der Waals surface area contributed by atoms with E-state index in [4.69, 9.17) is 10.5 Å². The summed E-state index contributed by atoms with van der Waals surface area (Å²) in [5.41, 5.74) is 7.76. The zero-order valence-electron chi connectivity index (χ0n) is 10.3. The molecule has 1 saturated heterocycles. The molecule has 1 atom stereocenters. The number of hydrogen-bond donors (Lipinski definition) is 3. The molecular formula is C13H19N3O2. The average molecular weight is 249 g/mol. The minimum absolute atomic E-state index is 0.134. The molecule has 1 aromatic rings. The number of nitrogens with one attached hydrogen (secondary N) is 2. The molecule has 5 nitrogen and oxygen atoms in total. The number of carbonyl (C=O) groups is 1. The van der Waals surface area contributed by atoms with Gasteiger partial charge < -0.3 is 21.1 Å². The lowest BCUT2D eigenvalue weighted by molar-refractivity contribution is 0.188. The fourth-order valence-corrected chi connectivity index (χ4v) is 1.99. The van der Waals surface area contributed by atoms with Crippen LogP contribution >= 0.6 is 0 Å². The van der Waals surface area contributed by atoms with Crippen LogP contribution in [-0.2, 0) is 17.8 Å². The molecule has 0 aromatic heterocycles. The Labute approximate surface area is 107 Å². The number of carbonyl (C=O) groups excluding carboxylic acids is 1. The van der Waals surface area contributed by atoms with Crippen molar-refractivity contribution in [1.82, 2.24) is 10.6 Å².